The lowest BCUT2D eigenvalue weighted by Gasteiger charge is -2.17. The SMILES string of the molecule is COC(=O)c1ccc(C(=O)N2C[C@H](C(=O)NC3CC3)[C@@H](C(=O)N[C@H]3C[C@@H]3c3ccccc3)C2)cc1. The van der Waals surface area contributed by atoms with E-state index in [-0.39, 0.29) is 48.8 Å². The maximum Gasteiger partial charge on any atom is 0.337 e. The largest absolute Gasteiger partial charge is 0.465 e. The van der Waals surface area contributed by atoms with Crippen LogP contribution in [0.5, 0.6) is 0 Å². The molecule has 1 heterocycles. The monoisotopic (exact) mass is 475 g/mol. The van der Waals surface area contributed by atoms with E-state index < -0.39 is 17.8 Å². The predicted molar refractivity (Wildman–Crippen MR) is 128 cm³/mol. The van der Waals surface area contributed by atoms with E-state index in [9.17, 15) is 19.2 Å². The Bertz CT molecular complexity index is 1130. The van der Waals surface area contributed by atoms with E-state index >= 15 is 0 Å². The Balaban J connectivity index is 1.27. The molecule has 2 aliphatic carbocycles. The van der Waals surface area contributed by atoms with E-state index in [4.69, 9.17) is 4.74 Å². The molecule has 3 fully saturated rings. The topological polar surface area (TPSA) is 105 Å². The van der Waals surface area contributed by atoms with Crippen LogP contribution in [0.2, 0.25) is 0 Å². The number of likely N-dealkylation sites (tertiary alicyclic amines) is 1. The van der Waals surface area contributed by atoms with E-state index in [1.807, 2.05) is 18.2 Å². The van der Waals surface area contributed by atoms with E-state index in [0.717, 1.165) is 19.3 Å². The number of nitrogens with one attached hydrogen (secondary N) is 2. The Labute approximate surface area is 204 Å². The molecule has 5 rings (SSSR count). The summed E-state index contributed by atoms with van der Waals surface area (Å²) in [6, 6.07) is 16.5. The minimum absolute atomic E-state index is 0.0488. The summed E-state index contributed by atoms with van der Waals surface area (Å²) in [5.74, 6) is -2.01. The molecule has 0 radical (unpaired) electrons. The normalized spacial score (nSPS) is 25.0. The molecule has 0 unspecified atom stereocenters. The minimum Gasteiger partial charge on any atom is -0.465 e. The molecule has 3 aliphatic rings. The first-order valence-corrected chi connectivity index (χ1v) is 12.1. The smallest absolute Gasteiger partial charge is 0.337 e. The van der Waals surface area contributed by atoms with Gasteiger partial charge in [0.1, 0.15) is 0 Å². The number of esters is 1. The summed E-state index contributed by atoms with van der Waals surface area (Å²) in [4.78, 5) is 52.7. The number of rotatable bonds is 7. The lowest BCUT2D eigenvalue weighted by atomic mass is 9.94. The average Bonchev–Trinajstić information content (AvgIpc) is 3.81. The van der Waals surface area contributed by atoms with Crippen molar-refractivity contribution >= 4 is 23.7 Å². The molecule has 2 N–H and O–H groups in total. The van der Waals surface area contributed by atoms with Gasteiger partial charge in [0.05, 0.1) is 24.5 Å². The molecule has 1 saturated heterocycles. The second-order valence-corrected chi connectivity index (χ2v) is 9.64. The molecule has 3 amide bonds. The van der Waals surface area contributed by atoms with Crippen LogP contribution in [0.3, 0.4) is 0 Å². The Kier molecular flexibility index (Phi) is 6.28. The van der Waals surface area contributed by atoms with Gasteiger partial charge in [-0.15, -0.1) is 0 Å². The fraction of sp³-hybridized carbons (Fsp3) is 0.407. The van der Waals surface area contributed by atoms with Crippen LogP contribution in [-0.4, -0.2) is 60.9 Å². The van der Waals surface area contributed by atoms with Gasteiger partial charge in [0.25, 0.3) is 5.91 Å². The average molecular weight is 476 g/mol. The fourth-order valence-electron chi connectivity index (χ4n) is 4.80. The number of methoxy groups -OCH3 is 1. The van der Waals surface area contributed by atoms with Crippen molar-refractivity contribution < 1.29 is 23.9 Å². The summed E-state index contributed by atoms with van der Waals surface area (Å²) in [5.41, 5.74) is 1.94. The van der Waals surface area contributed by atoms with Gasteiger partial charge < -0.3 is 20.3 Å². The zero-order valence-electron chi connectivity index (χ0n) is 19.6. The summed E-state index contributed by atoms with van der Waals surface area (Å²) in [5, 5.41) is 6.12. The molecule has 35 heavy (non-hydrogen) atoms. The third-order valence-corrected chi connectivity index (χ3v) is 7.10. The number of ether oxygens (including phenoxy) is 1. The maximum atomic E-state index is 13.3. The van der Waals surface area contributed by atoms with Crippen LogP contribution in [0.25, 0.3) is 0 Å². The highest BCUT2D eigenvalue weighted by Crippen LogP contribution is 2.41. The van der Waals surface area contributed by atoms with Crippen molar-refractivity contribution in [3.05, 3.63) is 71.3 Å². The number of hydrogen-bond donors (Lipinski definition) is 2. The van der Waals surface area contributed by atoms with Crippen LogP contribution in [-0.2, 0) is 14.3 Å². The lowest BCUT2D eigenvalue weighted by molar-refractivity contribution is -0.133. The lowest BCUT2D eigenvalue weighted by Crippen LogP contribution is -2.43. The van der Waals surface area contributed by atoms with Crippen LogP contribution in [0.4, 0.5) is 0 Å². The van der Waals surface area contributed by atoms with Crippen molar-refractivity contribution in [2.75, 3.05) is 20.2 Å². The molecule has 0 aromatic heterocycles. The van der Waals surface area contributed by atoms with Crippen molar-refractivity contribution in [3.63, 3.8) is 0 Å². The number of amides is 3. The van der Waals surface area contributed by atoms with E-state index in [0.29, 0.717) is 11.1 Å². The van der Waals surface area contributed by atoms with Gasteiger partial charge in [0.2, 0.25) is 11.8 Å². The zero-order chi connectivity index (χ0) is 24.5. The first kappa shape index (κ1) is 23.1. The van der Waals surface area contributed by atoms with Crippen LogP contribution in [0.15, 0.2) is 54.6 Å². The van der Waals surface area contributed by atoms with Gasteiger partial charge in [-0.2, -0.15) is 0 Å². The molecule has 2 saturated carbocycles. The Morgan fingerprint density at radius 2 is 1.43 bits per heavy atom. The van der Waals surface area contributed by atoms with Gasteiger partial charge in [-0.1, -0.05) is 30.3 Å². The second kappa shape index (κ2) is 9.52. The number of benzene rings is 2. The summed E-state index contributed by atoms with van der Waals surface area (Å²) < 4.78 is 4.70. The highest BCUT2D eigenvalue weighted by molar-refractivity contribution is 5.98. The summed E-state index contributed by atoms with van der Waals surface area (Å²) >= 11 is 0. The van der Waals surface area contributed by atoms with Crippen molar-refractivity contribution in [3.8, 4) is 0 Å². The van der Waals surface area contributed by atoms with Crippen molar-refractivity contribution in [2.45, 2.75) is 37.3 Å². The van der Waals surface area contributed by atoms with Gasteiger partial charge in [-0.05, 0) is 49.1 Å². The minimum atomic E-state index is -0.607. The molecule has 2 aromatic carbocycles. The number of nitrogens with zero attached hydrogens (tertiary/aromatic N) is 1. The van der Waals surface area contributed by atoms with Crippen molar-refractivity contribution in [2.24, 2.45) is 11.8 Å². The molecule has 8 nitrogen and oxygen atoms in total. The van der Waals surface area contributed by atoms with Crippen molar-refractivity contribution in [1.29, 1.82) is 0 Å². The van der Waals surface area contributed by atoms with Gasteiger partial charge >= 0.3 is 5.97 Å². The third kappa shape index (κ3) is 5.06. The molecule has 8 heteroatoms. The van der Waals surface area contributed by atoms with Gasteiger partial charge in [-0.3, -0.25) is 14.4 Å². The molecular formula is C27H29N3O5. The maximum absolute atomic E-state index is 13.3. The first-order valence-electron chi connectivity index (χ1n) is 12.1. The molecule has 1 aliphatic heterocycles. The van der Waals surface area contributed by atoms with Gasteiger partial charge in [0, 0.05) is 36.7 Å². The second-order valence-electron chi connectivity index (χ2n) is 9.64. The quantitative estimate of drug-likeness (QED) is 0.597. The summed E-state index contributed by atoms with van der Waals surface area (Å²) in [6.07, 6.45) is 2.77. The molecular weight excluding hydrogens is 446 g/mol. The Morgan fingerprint density at radius 3 is 2.03 bits per heavy atom. The highest BCUT2D eigenvalue weighted by Gasteiger charge is 2.47. The summed E-state index contributed by atoms with van der Waals surface area (Å²) in [7, 11) is 1.30. The van der Waals surface area contributed by atoms with E-state index in [1.165, 1.54) is 24.8 Å². The van der Waals surface area contributed by atoms with Crippen molar-refractivity contribution in [1.82, 2.24) is 15.5 Å². The first-order chi connectivity index (χ1) is 16.9. The van der Waals surface area contributed by atoms with E-state index in [1.54, 1.807) is 17.0 Å². The molecule has 182 valence electrons. The number of carbonyl (C=O) groups excluding carboxylic acids is 4. The molecule has 4 atom stereocenters. The standard InChI is InChI=1S/C27H29N3O5/c1-35-27(34)18-9-7-17(8-10-18)26(33)30-14-21(24(31)28-19-11-12-19)22(15-30)25(32)29-23-13-20(23)16-5-3-2-4-6-16/h2-10,19-23H,11-15H2,1H3,(H,28,31)(H,29,32)/t20-,21+,22+,23+/m1/s1. The molecule has 0 spiro atoms. The predicted octanol–water partition coefficient (Wildman–Crippen LogP) is 2.11. The van der Waals surface area contributed by atoms with Crippen LogP contribution in [0.1, 0.15) is 51.5 Å². The third-order valence-electron chi connectivity index (χ3n) is 7.10. The van der Waals surface area contributed by atoms with Crippen LogP contribution in [0, 0.1) is 11.8 Å². The van der Waals surface area contributed by atoms with Crippen LogP contribution >= 0.6 is 0 Å². The molecule has 2 aromatic rings. The van der Waals surface area contributed by atoms with Gasteiger partial charge in [0.15, 0.2) is 0 Å². The van der Waals surface area contributed by atoms with Crippen LogP contribution < -0.4 is 10.6 Å². The zero-order valence-corrected chi connectivity index (χ0v) is 19.6. The summed E-state index contributed by atoms with van der Waals surface area (Å²) in [6.45, 7) is 0.357. The van der Waals surface area contributed by atoms with Gasteiger partial charge in [-0.25, -0.2) is 4.79 Å². The Morgan fingerprint density at radius 1 is 0.829 bits per heavy atom. The van der Waals surface area contributed by atoms with E-state index in [2.05, 4.69) is 22.8 Å². The Hall–Kier alpha value is -3.68. The number of hydrogen-bond acceptors (Lipinski definition) is 5. The molecule has 0 bridgehead atoms. The number of carbonyl (C=O) groups is 4. The highest BCUT2D eigenvalue weighted by atomic mass is 16.5. The fourth-order valence-corrected chi connectivity index (χ4v) is 4.80.